The molecule has 1 saturated heterocycles. The number of hydrogen-bond acceptors (Lipinski definition) is 3. The van der Waals surface area contributed by atoms with Gasteiger partial charge in [0.1, 0.15) is 5.75 Å². The van der Waals surface area contributed by atoms with Crippen LogP contribution in [-0.4, -0.2) is 44.1 Å². The van der Waals surface area contributed by atoms with Crippen molar-refractivity contribution in [1.29, 1.82) is 0 Å². The average molecular weight is 304 g/mol. The summed E-state index contributed by atoms with van der Waals surface area (Å²) in [6.07, 6.45) is 1.08. The lowest BCUT2D eigenvalue weighted by atomic mass is 10.0. The summed E-state index contributed by atoms with van der Waals surface area (Å²) in [5.41, 5.74) is 2.31. The molecule has 1 atom stereocenters. The summed E-state index contributed by atoms with van der Waals surface area (Å²) in [6.45, 7) is 9.12. The van der Waals surface area contributed by atoms with E-state index in [2.05, 4.69) is 31.3 Å². The Balaban J connectivity index is 1.93. The number of likely N-dealkylation sites (tertiary alicyclic amines) is 1. The Morgan fingerprint density at radius 2 is 2.23 bits per heavy atom. The van der Waals surface area contributed by atoms with Crippen LogP contribution >= 0.6 is 0 Å². The normalized spacial score (nSPS) is 18.0. The third-order valence-electron chi connectivity index (χ3n) is 4.27. The Morgan fingerprint density at radius 1 is 1.45 bits per heavy atom. The van der Waals surface area contributed by atoms with Crippen molar-refractivity contribution in [1.82, 2.24) is 10.2 Å². The molecule has 1 aliphatic rings. The fourth-order valence-corrected chi connectivity index (χ4v) is 2.99. The Bertz CT molecular complexity index is 514. The fraction of sp³-hybridized carbons (Fsp3) is 0.611. The first-order valence-electron chi connectivity index (χ1n) is 8.17. The summed E-state index contributed by atoms with van der Waals surface area (Å²) in [5, 5.41) is 3.18. The summed E-state index contributed by atoms with van der Waals surface area (Å²) < 4.78 is 5.84. The molecular weight excluding hydrogens is 276 g/mol. The second-order valence-corrected chi connectivity index (χ2v) is 6.54. The number of amides is 1. The number of aryl methyl sites for hydroxylation is 1. The van der Waals surface area contributed by atoms with Gasteiger partial charge in [0, 0.05) is 13.1 Å². The van der Waals surface area contributed by atoms with E-state index in [4.69, 9.17) is 4.74 Å². The van der Waals surface area contributed by atoms with Gasteiger partial charge < -0.3 is 15.0 Å². The number of benzene rings is 1. The van der Waals surface area contributed by atoms with Gasteiger partial charge in [-0.25, -0.2) is 0 Å². The summed E-state index contributed by atoms with van der Waals surface area (Å²) in [5.74, 6) is 1.89. The van der Waals surface area contributed by atoms with Crippen LogP contribution in [0.3, 0.4) is 0 Å². The molecule has 1 heterocycles. The van der Waals surface area contributed by atoms with Crippen molar-refractivity contribution in [2.24, 2.45) is 5.92 Å². The van der Waals surface area contributed by atoms with E-state index in [1.165, 1.54) is 0 Å². The maximum absolute atomic E-state index is 12.3. The van der Waals surface area contributed by atoms with E-state index in [0.717, 1.165) is 42.9 Å². The van der Waals surface area contributed by atoms with Crippen LogP contribution in [0, 0.1) is 12.8 Å². The zero-order valence-corrected chi connectivity index (χ0v) is 14.2. The van der Waals surface area contributed by atoms with Crippen molar-refractivity contribution >= 4 is 5.91 Å². The molecule has 122 valence electrons. The molecule has 0 aliphatic carbocycles. The highest BCUT2D eigenvalue weighted by atomic mass is 16.5. The van der Waals surface area contributed by atoms with Gasteiger partial charge in [-0.05, 0) is 56.0 Å². The van der Waals surface area contributed by atoms with E-state index in [1.54, 1.807) is 0 Å². The van der Waals surface area contributed by atoms with Crippen LogP contribution in [0.1, 0.15) is 37.3 Å². The smallest absolute Gasteiger partial charge is 0.260 e. The maximum Gasteiger partial charge on any atom is 0.260 e. The number of carbonyl (C=O) groups excluding carboxylic acids is 1. The number of nitrogens with zero attached hydrogens (tertiary/aromatic N) is 1. The highest BCUT2D eigenvalue weighted by Gasteiger charge is 2.26. The summed E-state index contributed by atoms with van der Waals surface area (Å²) in [4.78, 5) is 14.2. The van der Waals surface area contributed by atoms with Crippen molar-refractivity contribution in [3.8, 4) is 5.75 Å². The van der Waals surface area contributed by atoms with Gasteiger partial charge >= 0.3 is 0 Å². The van der Waals surface area contributed by atoms with Crippen molar-refractivity contribution in [3.05, 3.63) is 29.3 Å². The van der Waals surface area contributed by atoms with Gasteiger partial charge in [0.25, 0.3) is 5.91 Å². The predicted molar refractivity (Wildman–Crippen MR) is 89.4 cm³/mol. The highest BCUT2D eigenvalue weighted by Crippen LogP contribution is 2.27. The lowest BCUT2D eigenvalue weighted by Gasteiger charge is -2.19. The lowest BCUT2D eigenvalue weighted by molar-refractivity contribution is -0.132. The Hall–Kier alpha value is -1.55. The number of rotatable bonds is 6. The molecule has 1 aliphatic heterocycles. The van der Waals surface area contributed by atoms with E-state index in [0.29, 0.717) is 11.8 Å². The van der Waals surface area contributed by atoms with Gasteiger partial charge in [-0.2, -0.15) is 0 Å². The predicted octanol–water partition coefficient (Wildman–Crippen LogP) is 2.57. The number of hydrogen-bond donors (Lipinski definition) is 1. The van der Waals surface area contributed by atoms with Crippen LogP contribution in [0.25, 0.3) is 0 Å². The third-order valence-corrected chi connectivity index (χ3v) is 4.27. The molecule has 0 aromatic heterocycles. The SMILES string of the molecule is CNC[C@@H]1CCN(C(=O)COc2cc(C)ccc2C(C)C)C1. The summed E-state index contributed by atoms with van der Waals surface area (Å²) in [7, 11) is 1.96. The molecule has 2 rings (SSSR count). The van der Waals surface area contributed by atoms with E-state index in [9.17, 15) is 4.79 Å². The minimum Gasteiger partial charge on any atom is -0.483 e. The van der Waals surface area contributed by atoms with Crippen LogP contribution in [0.2, 0.25) is 0 Å². The van der Waals surface area contributed by atoms with Crippen LogP contribution in [0.5, 0.6) is 5.75 Å². The van der Waals surface area contributed by atoms with Gasteiger partial charge in [-0.1, -0.05) is 26.0 Å². The largest absolute Gasteiger partial charge is 0.483 e. The molecule has 0 bridgehead atoms. The minimum atomic E-state index is 0.0924. The summed E-state index contributed by atoms with van der Waals surface area (Å²) >= 11 is 0. The Labute approximate surface area is 133 Å². The van der Waals surface area contributed by atoms with Gasteiger partial charge in [-0.3, -0.25) is 4.79 Å². The van der Waals surface area contributed by atoms with Crippen LogP contribution in [0.15, 0.2) is 18.2 Å². The topological polar surface area (TPSA) is 41.6 Å². The molecule has 4 heteroatoms. The lowest BCUT2D eigenvalue weighted by Crippen LogP contribution is -2.34. The van der Waals surface area contributed by atoms with E-state index in [-0.39, 0.29) is 12.5 Å². The van der Waals surface area contributed by atoms with Gasteiger partial charge in [0.15, 0.2) is 6.61 Å². The molecule has 0 saturated carbocycles. The third kappa shape index (κ3) is 4.23. The minimum absolute atomic E-state index is 0.0924. The van der Waals surface area contributed by atoms with Crippen LogP contribution in [0.4, 0.5) is 0 Å². The van der Waals surface area contributed by atoms with Crippen molar-refractivity contribution in [2.75, 3.05) is 33.3 Å². The fourth-order valence-electron chi connectivity index (χ4n) is 2.99. The molecule has 0 spiro atoms. The number of carbonyl (C=O) groups is 1. The van der Waals surface area contributed by atoms with Crippen LogP contribution < -0.4 is 10.1 Å². The van der Waals surface area contributed by atoms with Gasteiger partial charge in [0.05, 0.1) is 0 Å². The van der Waals surface area contributed by atoms with Gasteiger partial charge in [0.2, 0.25) is 0 Å². The molecule has 1 aromatic rings. The molecule has 1 aromatic carbocycles. The first-order valence-corrected chi connectivity index (χ1v) is 8.17. The first-order chi connectivity index (χ1) is 10.5. The molecule has 22 heavy (non-hydrogen) atoms. The van der Waals surface area contributed by atoms with Crippen LogP contribution in [-0.2, 0) is 4.79 Å². The second kappa shape index (κ2) is 7.63. The van der Waals surface area contributed by atoms with Crippen molar-refractivity contribution < 1.29 is 9.53 Å². The summed E-state index contributed by atoms with van der Waals surface area (Å²) in [6, 6.07) is 6.21. The van der Waals surface area contributed by atoms with E-state index in [1.807, 2.05) is 24.9 Å². The Kier molecular flexibility index (Phi) is 5.83. The molecule has 0 radical (unpaired) electrons. The Morgan fingerprint density at radius 3 is 2.91 bits per heavy atom. The molecule has 1 fully saturated rings. The first kappa shape index (κ1) is 16.8. The standard InChI is InChI=1S/C18H28N2O2/c1-13(2)16-6-5-14(3)9-17(16)22-12-18(21)20-8-7-15(11-20)10-19-4/h5-6,9,13,15,19H,7-8,10-12H2,1-4H3/t15-/m0/s1. The van der Waals surface area contributed by atoms with E-state index >= 15 is 0 Å². The quantitative estimate of drug-likeness (QED) is 0.878. The monoisotopic (exact) mass is 304 g/mol. The van der Waals surface area contributed by atoms with Crippen molar-refractivity contribution in [3.63, 3.8) is 0 Å². The number of nitrogens with one attached hydrogen (secondary N) is 1. The zero-order chi connectivity index (χ0) is 16.1. The highest BCUT2D eigenvalue weighted by molar-refractivity contribution is 5.78. The molecule has 1 amide bonds. The maximum atomic E-state index is 12.3. The molecule has 0 unspecified atom stereocenters. The zero-order valence-electron chi connectivity index (χ0n) is 14.2. The second-order valence-electron chi connectivity index (χ2n) is 6.54. The molecule has 1 N–H and O–H groups in total. The number of ether oxygens (including phenoxy) is 1. The van der Waals surface area contributed by atoms with Gasteiger partial charge in [-0.15, -0.1) is 0 Å². The van der Waals surface area contributed by atoms with Crippen molar-refractivity contribution in [2.45, 2.75) is 33.1 Å². The average Bonchev–Trinajstić information content (AvgIpc) is 2.93. The molecular formula is C18H28N2O2. The molecule has 4 nitrogen and oxygen atoms in total. The van der Waals surface area contributed by atoms with E-state index < -0.39 is 0 Å².